The summed E-state index contributed by atoms with van der Waals surface area (Å²) in [6.07, 6.45) is -3.23. The van der Waals surface area contributed by atoms with Crippen molar-refractivity contribution in [3.8, 4) is 5.75 Å². The van der Waals surface area contributed by atoms with Gasteiger partial charge >= 0.3 is 6.11 Å². The minimum atomic E-state index is -3.23. The molecule has 0 bridgehead atoms. The Bertz CT molecular complexity index is 283. The van der Waals surface area contributed by atoms with Gasteiger partial charge in [-0.2, -0.15) is 8.78 Å². The lowest BCUT2D eigenvalue weighted by atomic mass is 10.2. The van der Waals surface area contributed by atoms with E-state index in [1.807, 2.05) is 6.92 Å². The largest absolute Gasteiger partial charge is 0.494 e. The van der Waals surface area contributed by atoms with Crippen LogP contribution in [0.15, 0.2) is 24.3 Å². The summed E-state index contributed by atoms with van der Waals surface area (Å²) in [5.74, 6) is 0.572. The second kappa shape index (κ2) is 4.37. The lowest BCUT2D eigenvalue weighted by Crippen LogP contribution is -2.15. The molecule has 0 aliphatic rings. The second-order valence-electron chi connectivity index (χ2n) is 2.68. The molecule has 0 amide bonds. The van der Waals surface area contributed by atoms with Gasteiger partial charge in [0, 0.05) is 7.11 Å². The van der Waals surface area contributed by atoms with Crippen molar-refractivity contribution >= 4 is 0 Å². The molecule has 14 heavy (non-hydrogen) atoms. The second-order valence-corrected chi connectivity index (χ2v) is 2.68. The first-order valence-corrected chi connectivity index (χ1v) is 4.26. The average Bonchev–Trinajstić information content (AvgIpc) is 2.19. The minimum Gasteiger partial charge on any atom is -0.494 e. The van der Waals surface area contributed by atoms with Crippen molar-refractivity contribution in [3.05, 3.63) is 29.8 Å². The van der Waals surface area contributed by atoms with Gasteiger partial charge in [0.1, 0.15) is 5.75 Å². The smallest absolute Gasteiger partial charge is 0.383 e. The van der Waals surface area contributed by atoms with E-state index >= 15 is 0 Å². The van der Waals surface area contributed by atoms with Gasteiger partial charge < -0.3 is 9.47 Å². The fourth-order valence-corrected chi connectivity index (χ4v) is 1.03. The topological polar surface area (TPSA) is 18.5 Å². The van der Waals surface area contributed by atoms with Gasteiger partial charge in [0.05, 0.1) is 12.2 Å². The number of benzene rings is 1. The van der Waals surface area contributed by atoms with Gasteiger partial charge in [-0.1, -0.05) is 0 Å². The summed E-state index contributed by atoms with van der Waals surface area (Å²) in [4.78, 5) is 0. The number of hydrogen-bond acceptors (Lipinski definition) is 2. The van der Waals surface area contributed by atoms with E-state index in [0.717, 1.165) is 7.11 Å². The van der Waals surface area contributed by atoms with E-state index in [1.54, 1.807) is 0 Å². The van der Waals surface area contributed by atoms with Crippen molar-refractivity contribution in [2.45, 2.75) is 13.0 Å². The average molecular weight is 202 g/mol. The van der Waals surface area contributed by atoms with E-state index < -0.39 is 6.11 Å². The molecule has 2 nitrogen and oxygen atoms in total. The number of halogens is 2. The molecule has 0 saturated carbocycles. The summed E-state index contributed by atoms with van der Waals surface area (Å²) in [7, 11) is 0.969. The molecule has 0 spiro atoms. The molecule has 0 aliphatic heterocycles. The molecule has 0 saturated heterocycles. The van der Waals surface area contributed by atoms with E-state index in [4.69, 9.17) is 4.74 Å². The molecule has 0 fully saturated rings. The zero-order valence-corrected chi connectivity index (χ0v) is 8.09. The van der Waals surface area contributed by atoms with Crippen LogP contribution in [0, 0.1) is 0 Å². The van der Waals surface area contributed by atoms with Gasteiger partial charge in [0.2, 0.25) is 0 Å². The molecular weight excluding hydrogens is 190 g/mol. The van der Waals surface area contributed by atoms with E-state index in [9.17, 15) is 8.78 Å². The maximum atomic E-state index is 12.9. The molecule has 1 aromatic rings. The highest BCUT2D eigenvalue weighted by Gasteiger charge is 2.30. The van der Waals surface area contributed by atoms with Crippen LogP contribution in [0.5, 0.6) is 5.75 Å². The van der Waals surface area contributed by atoms with Crippen LogP contribution < -0.4 is 4.74 Å². The van der Waals surface area contributed by atoms with Gasteiger partial charge in [-0.3, -0.25) is 0 Å². The minimum absolute atomic E-state index is 0.177. The highest BCUT2D eigenvalue weighted by Crippen LogP contribution is 2.29. The molecule has 4 heteroatoms. The zero-order chi connectivity index (χ0) is 10.6. The Kier molecular flexibility index (Phi) is 3.41. The first-order chi connectivity index (χ1) is 6.60. The third-order valence-electron chi connectivity index (χ3n) is 1.76. The van der Waals surface area contributed by atoms with E-state index in [2.05, 4.69) is 4.74 Å². The van der Waals surface area contributed by atoms with Crippen LogP contribution in [0.2, 0.25) is 0 Å². The Morgan fingerprint density at radius 1 is 1.21 bits per heavy atom. The van der Waals surface area contributed by atoms with E-state index in [-0.39, 0.29) is 5.56 Å². The Morgan fingerprint density at radius 3 is 2.21 bits per heavy atom. The molecule has 1 rings (SSSR count). The van der Waals surface area contributed by atoms with Gasteiger partial charge in [0.15, 0.2) is 0 Å². The van der Waals surface area contributed by atoms with Crippen LogP contribution in [0.25, 0.3) is 0 Å². The molecule has 1 aromatic carbocycles. The standard InChI is InChI=1S/C10H12F2O2/c1-3-14-9-6-4-8(5-7-9)10(11,12)13-2/h4-7H,3H2,1-2H3. The van der Waals surface area contributed by atoms with Crippen LogP contribution in [0.3, 0.4) is 0 Å². The summed E-state index contributed by atoms with van der Waals surface area (Å²) < 4.78 is 35.1. The lowest BCUT2D eigenvalue weighted by Gasteiger charge is -2.14. The molecular formula is C10H12F2O2. The fourth-order valence-electron chi connectivity index (χ4n) is 1.03. The lowest BCUT2D eigenvalue weighted by molar-refractivity contribution is -0.231. The van der Waals surface area contributed by atoms with Crippen LogP contribution in [0.4, 0.5) is 8.78 Å². The van der Waals surface area contributed by atoms with Gasteiger partial charge in [0.25, 0.3) is 0 Å². The van der Waals surface area contributed by atoms with Crippen molar-refractivity contribution in [2.24, 2.45) is 0 Å². The van der Waals surface area contributed by atoms with E-state index in [1.165, 1.54) is 24.3 Å². The highest BCUT2D eigenvalue weighted by molar-refractivity contribution is 5.28. The molecule has 0 aliphatic carbocycles. The number of alkyl halides is 2. The molecule has 0 heterocycles. The van der Waals surface area contributed by atoms with Crippen LogP contribution in [-0.4, -0.2) is 13.7 Å². The molecule has 78 valence electrons. The maximum Gasteiger partial charge on any atom is 0.383 e. The SMILES string of the molecule is CCOc1ccc(C(F)(F)OC)cc1. The third kappa shape index (κ3) is 2.42. The third-order valence-corrected chi connectivity index (χ3v) is 1.76. The molecule has 0 aromatic heterocycles. The van der Waals surface area contributed by atoms with Gasteiger partial charge in [-0.25, -0.2) is 0 Å². The van der Waals surface area contributed by atoms with Crippen LogP contribution >= 0.6 is 0 Å². The number of rotatable bonds is 4. The first kappa shape index (κ1) is 10.9. The molecule has 0 unspecified atom stereocenters. The normalized spacial score (nSPS) is 11.4. The summed E-state index contributed by atoms with van der Waals surface area (Å²) in [5, 5.41) is 0. The van der Waals surface area contributed by atoms with Crippen molar-refractivity contribution in [1.29, 1.82) is 0 Å². The monoisotopic (exact) mass is 202 g/mol. The van der Waals surface area contributed by atoms with Crippen molar-refractivity contribution in [1.82, 2.24) is 0 Å². The predicted octanol–water partition coefficient (Wildman–Crippen LogP) is 2.78. The predicted molar refractivity (Wildman–Crippen MR) is 48.5 cm³/mol. The quantitative estimate of drug-likeness (QED) is 0.747. The Morgan fingerprint density at radius 2 is 1.79 bits per heavy atom. The summed E-state index contributed by atoms with van der Waals surface area (Å²) in [5.41, 5.74) is -0.177. The number of ether oxygens (including phenoxy) is 2. The molecule has 0 N–H and O–H groups in total. The number of hydrogen-bond donors (Lipinski definition) is 0. The first-order valence-electron chi connectivity index (χ1n) is 4.26. The maximum absolute atomic E-state index is 12.9. The van der Waals surface area contributed by atoms with E-state index in [0.29, 0.717) is 12.4 Å². The molecule has 0 atom stereocenters. The Labute approximate surface area is 81.4 Å². The van der Waals surface area contributed by atoms with Crippen molar-refractivity contribution in [2.75, 3.05) is 13.7 Å². The van der Waals surface area contributed by atoms with Crippen molar-refractivity contribution in [3.63, 3.8) is 0 Å². The Hall–Kier alpha value is -1.16. The number of methoxy groups -OCH3 is 1. The van der Waals surface area contributed by atoms with Gasteiger partial charge in [-0.15, -0.1) is 0 Å². The summed E-state index contributed by atoms with van der Waals surface area (Å²) in [6.45, 7) is 2.34. The van der Waals surface area contributed by atoms with Crippen molar-refractivity contribution < 1.29 is 18.3 Å². The molecule has 0 radical (unpaired) electrons. The van der Waals surface area contributed by atoms with Crippen LogP contribution in [-0.2, 0) is 10.8 Å². The summed E-state index contributed by atoms with van der Waals surface area (Å²) >= 11 is 0. The Balaban J connectivity index is 2.82. The fraction of sp³-hybridized carbons (Fsp3) is 0.400. The van der Waals surface area contributed by atoms with Gasteiger partial charge in [-0.05, 0) is 31.2 Å². The summed E-state index contributed by atoms with van der Waals surface area (Å²) in [6, 6.07) is 5.56. The zero-order valence-electron chi connectivity index (χ0n) is 8.09. The van der Waals surface area contributed by atoms with Crippen LogP contribution in [0.1, 0.15) is 12.5 Å². The highest BCUT2D eigenvalue weighted by atomic mass is 19.3.